The highest BCUT2D eigenvalue weighted by Gasteiger charge is 2.22. The number of amides is 1. The Morgan fingerprint density at radius 1 is 1.35 bits per heavy atom. The van der Waals surface area contributed by atoms with E-state index in [4.69, 9.17) is 9.84 Å². The van der Waals surface area contributed by atoms with Gasteiger partial charge in [0.1, 0.15) is 6.61 Å². The molecule has 1 aromatic carbocycles. The van der Waals surface area contributed by atoms with E-state index in [1.165, 1.54) is 0 Å². The van der Waals surface area contributed by atoms with Gasteiger partial charge in [0.25, 0.3) is 0 Å². The van der Waals surface area contributed by atoms with Crippen molar-refractivity contribution >= 4 is 12.1 Å². The van der Waals surface area contributed by atoms with Crippen molar-refractivity contribution in [2.45, 2.75) is 32.5 Å². The van der Waals surface area contributed by atoms with E-state index in [-0.39, 0.29) is 13.0 Å². The number of alkyl carbamates (subject to hydrolysis) is 1. The number of benzene rings is 1. The molecule has 0 aliphatic rings. The molecule has 0 saturated heterocycles. The predicted octanol–water partition coefficient (Wildman–Crippen LogP) is 2.35. The first-order chi connectivity index (χ1) is 11.1. The highest BCUT2D eigenvalue weighted by molar-refractivity contribution is 5.71. The maximum Gasteiger partial charge on any atom is 0.408 e. The second kappa shape index (κ2) is 7.98. The van der Waals surface area contributed by atoms with Gasteiger partial charge in [-0.15, -0.1) is 0 Å². The van der Waals surface area contributed by atoms with Crippen molar-refractivity contribution in [1.82, 2.24) is 14.9 Å². The van der Waals surface area contributed by atoms with Gasteiger partial charge >= 0.3 is 12.1 Å². The van der Waals surface area contributed by atoms with Gasteiger partial charge in [-0.1, -0.05) is 30.3 Å². The summed E-state index contributed by atoms with van der Waals surface area (Å²) in [5.74, 6) is -1.01. The van der Waals surface area contributed by atoms with Crippen LogP contribution in [0.5, 0.6) is 0 Å². The second-order valence-electron chi connectivity index (χ2n) is 4.96. The van der Waals surface area contributed by atoms with Crippen LogP contribution >= 0.6 is 0 Å². The average molecular weight is 317 g/mol. The lowest BCUT2D eigenvalue weighted by atomic mass is 10.1. The number of aryl methyl sites for hydroxylation is 1. The number of aromatic nitrogens is 2. The summed E-state index contributed by atoms with van der Waals surface area (Å²) in [5, 5.41) is 11.6. The van der Waals surface area contributed by atoms with Crippen LogP contribution in [0.2, 0.25) is 0 Å². The Morgan fingerprint density at radius 2 is 2.09 bits per heavy atom. The minimum atomic E-state index is -1.01. The van der Waals surface area contributed by atoms with Gasteiger partial charge in [0.05, 0.1) is 30.7 Å². The number of imidazole rings is 1. The van der Waals surface area contributed by atoms with E-state index in [1.807, 2.05) is 37.3 Å². The summed E-state index contributed by atoms with van der Waals surface area (Å²) in [5.41, 5.74) is 1.49. The minimum absolute atomic E-state index is 0.125. The fourth-order valence-corrected chi connectivity index (χ4v) is 2.20. The molecule has 0 saturated carbocycles. The quantitative estimate of drug-likeness (QED) is 0.817. The standard InChI is InChI=1S/C16H19N3O4/c1-2-19-11-17-9-14(19)13(8-15(20)21)18-16(22)23-10-12-6-4-3-5-7-12/h3-7,9,11,13H,2,8,10H2,1H3,(H,18,22)(H,20,21). The van der Waals surface area contributed by atoms with Gasteiger partial charge in [0, 0.05) is 6.54 Å². The molecule has 1 amide bonds. The summed E-state index contributed by atoms with van der Waals surface area (Å²) in [6.07, 6.45) is 2.24. The maximum absolute atomic E-state index is 11.9. The van der Waals surface area contributed by atoms with Gasteiger partial charge in [0.15, 0.2) is 0 Å². The van der Waals surface area contributed by atoms with Crippen LogP contribution in [0.25, 0.3) is 0 Å². The lowest BCUT2D eigenvalue weighted by Gasteiger charge is -2.18. The van der Waals surface area contributed by atoms with Gasteiger partial charge in [-0.05, 0) is 12.5 Å². The van der Waals surface area contributed by atoms with Gasteiger partial charge in [-0.25, -0.2) is 9.78 Å². The summed E-state index contributed by atoms with van der Waals surface area (Å²) < 4.78 is 6.92. The van der Waals surface area contributed by atoms with E-state index in [0.717, 1.165) is 5.56 Å². The van der Waals surface area contributed by atoms with E-state index < -0.39 is 18.1 Å². The SMILES string of the molecule is CCn1cncc1C(CC(=O)O)NC(=O)OCc1ccccc1. The van der Waals surface area contributed by atoms with Crippen molar-refractivity contribution in [3.05, 3.63) is 54.1 Å². The third-order valence-corrected chi connectivity index (χ3v) is 3.33. The van der Waals surface area contributed by atoms with Crippen LogP contribution in [0.15, 0.2) is 42.9 Å². The van der Waals surface area contributed by atoms with Crippen molar-refractivity contribution in [1.29, 1.82) is 0 Å². The van der Waals surface area contributed by atoms with E-state index >= 15 is 0 Å². The number of carbonyl (C=O) groups is 2. The number of carboxylic acids is 1. The third-order valence-electron chi connectivity index (χ3n) is 3.33. The molecule has 0 radical (unpaired) electrons. The number of aliphatic carboxylic acids is 1. The van der Waals surface area contributed by atoms with E-state index in [0.29, 0.717) is 12.2 Å². The van der Waals surface area contributed by atoms with Crippen molar-refractivity contribution in [2.75, 3.05) is 0 Å². The first-order valence-electron chi connectivity index (χ1n) is 7.29. The molecule has 0 aliphatic carbocycles. The second-order valence-corrected chi connectivity index (χ2v) is 4.96. The molecule has 1 aromatic heterocycles. The molecule has 1 heterocycles. The molecule has 7 heteroatoms. The molecule has 0 bridgehead atoms. The summed E-state index contributed by atoms with van der Waals surface area (Å²) in [6, 6.07) is 8.56. The Kier molecular flexibility index (Phi) is 5.74. The third kappa shape index (κ3) is 4.84. The minimum Gasteiger partial charge on any atom is -0.481 e. The fourth-order valence-electron chi connectivity index (χ4n) is 2.20. The molecular formula is C16H19N3O4. The van der Waals surface area contributed by atoms with Crippen molar-refractivity contribution in [3.63, 3.8) is 0 Å². The first kappa shape index (κ1) is 16.5. The Hall–Kier alpha value is -2.83. The van der Waals surface area contributed by atoms with E-state index in [1.54, 1.807) is 17.1 Å². The topological polar surface area (TPSA) is 93.5 Å². The maximum atomic E-state index is 11.9. The molecule has 1 atom stereocenters. The lowest BCUT2D eigenvalue weighted by Crippen LogP contribution is -2.32. The number of ether oxygens (including phenoxy) is 1. The monoisotopic (exact) mass is 317 g/mol. The number of hydrogen-bond donors (Lipinski definition) is 2. The van der Waals surface area contributed by atoms with E-state index in [2.05, 4.69) is 10.3 Å². The normalized spacial score (nSPS) is 11.7. The summed E-state index contributed by atoms with van der Waals surface area (Å²) in [6.45, 7) is 2.67. The van der Waals surface area contributed by atoms with Gasteiger partial charge in [0.2, 0.25) is 0 Å². The summed E-state index contributed by atoms with van der Waals surface area (Å²) >= 11 is 0. The van der Waals surface area contributed by atoms with Gasteiger partial charge in [-0.3, -0.25) is 4.79 Å². The van der Waals surface area contributed by atoms with Crippen LogP contribution in [-0.2, 0) is 22.7 Å². The molecule has 23 heavy (non-hydrogen) atoms. The van der Waals surface area contributed by atoms with Gasteiger partial charge < -0.3 is 19.7 Å². The van der Waals surface area contributed by atoms with E-state index in [9.17, 15) is 9.59 Å². The van der Waals surface area contributed by atoms with Gasteiger partial charge in [-0.2, -0.15) is 0 Å². The average Bonchev–Trinajstić information content (AvgIpc) is 3.01. The molecular weight excluding hydrogens is 298 g/mol. The molecule has 2 rings (SSSR count). The highest BCUT2D eigenvalue weighted by Crippen LogP contribution is 2.17. The van der Waals surface area contributed by atoms with Crippen molar-refractivity contribution in [3.8, 4) is 0 Å². The van der Waals surface area contributed by atoms with Crippen LogP contribution in [0, 0.1) is 0 Å². The Balaban J connectivity index is 2.00. The Labute approximate surface area is 133 Å². The smallest absolute Gasteiger partial charge is 0.408 e. The van der Waals surface area contributed by atoms with Crippen LogP contribution < -0.4 is 5.32 Å². The molecule has 0 spiro atoms. The summed E-state index contributed by atoms with van der Waals surface area (Å²) in [7, 11) is 0. The molecule has 0 aliphatic heterocycles. The molecule has 122 valence electrons. The zero-order valence-corrected chi connectivity index (χ0v) is 12.8. The molecule has 2 aromatic rings. The molecule has 0 fully saturated rings. The van der Waals surface area contributed by atoms with Crippen LogP contribution in [0.4, 0.5) is 4.79 Å². The molecule has 2 N–H and O–H groups in total. The highest BCUT2D eigenvalue weighted by atomic mass is 16.5. The Morgan fingerprint density at radius 3 is 2.74 bits per heavy atom. The largest absolute Gasteiger partial charge is 0.481 e. The zero-order chi connectivity index (χ0) is 16.7. The van der Waals surface area contributed by atoms with Crippen LogP contribution in [0.3, 0.4) is 0 Å². The van der Waals surface area contributed by atoms with Crippen LogP contribution in [-0.4, -0.2) is 26.7 Å². The zero-order valence-electron chi connectivity index (χ0n) is 12.8. The predicted molar refractivity (Wildman–Crippen MR) is 82.7 cm³/mol. The van der Waals surface area contributed by atoms with Crippen molar-refractivity contribution < 1.29 is 19.4 Å². The number of carboxylic acid groups (broad SMARTS) is 1. The molecule has 7 nitrogen and oxygen atoms in total. The van der Waals surface area contributed by atoms with Crippen LogP contribution in [0.1, 0.15) is 30.6 Å². The Bertz CT molecular complexity index is 654. The number of rotatable bonds is 7. The van der Waals surface area contributed by atoms with Crippen molar-refractivity contribution in [2.24, 2.45) is 0 Å². The summed E-state index contributed by atoms with van der Waals surface area (Å²) in [4.78, 5) is 27.0. The number of hydrogen-bond acceptors (Lipinski definition) is 4. The number of nitrogens with zero attached hydrogens (tertiary/aromatic N) is 2. The number of nitrogens with one attached hydrogen (secondary N) is 1. The fraction of sp³-hybridized carbons (Fsp3) is 0.312. The first-order valence-corrected chi connectivity index (χ1v) is 7.29. The lowest BCUT2D eigenvalue weighted by molar-refractivity contribution is -0.137. The molecule has 1 unspecified atom stereocenters. The number of carbonyl (C=O) groups excluding carboxylic acids is 1.